The van der Waals surface area contributed by atoms with Crippen molar-refractivity contribution in [3.05, 3.63) is 35.4 Å². The molecule has 0 heterocycles. The van der Waals surface area contributed by atoms with Crippen LogP contribution in [-0.2, 0) is 16.0 Å². The van der Waals surface area contributed by atoms with Crippen molar-refractivity contribution >= 4 is 17.7 Å². The second-order valence-electron chi connectivity index (χ2n) is 4.06. The number of carbonyl (C=O) groups is 3. The smallest absolute Gasteiger partial charge is 0.325 e. The second kappa shape index (κ2) is 5.95. The molecule has 18 heavy (non-hydrogen) atoms. The molecule has 0 saturated carbocycles. The van der Waals surface area contributed by atoms with E-state index in [1.165, 1.54) is 13.8 Å². The Balaban J connectivity index is 2.60. The average Bonchev–Trinajstić information content (AvgIpc) is 2.29. The number of rotatable bonds is 5. The lowest BCUT2D eigenvalue weighted by Crippen LogP contribution is -2.39. The summed E-state index contributed by atoms with van der Waals surface area (Å²) in [6, 6.07) is 5.75. The van der Waals surface area contributed by atoms with Gasteiger partial charge in [-0.3, -0.25) is 14.4 Å². The third kappa shape index (κ3) is 4.01. The fourth-order valence-corrected chi connectivity index (χ4v) is 1.40. The molecule has 1 atom stereocenters. The van der Waals surface area contributed by atoms with Crippen molar-refractivity contribution in [2.75, 3.05) is 0 Å². The zero-order valence-electron chi connectivity index (χ0n) is 10.3. The van der Waals surface area contributed by atoms with Crippen molar-refractivity contribution in [3.63, 3.8) is 0 Å². The number of ketones is 1. The van der Waals surface area contributed by atoms with Gasteiger partial charge < -0.3 is 10.4 Å². The van der Waals surface area contributed by atoms with Crippen LogP contribution in [0.15, 0.2) is 24.3 Å². The van der Waals surface area contributed by atoms with E-state index in [4.69, 9.17) is 5.11 Å². The number of carboxylic acids is 1. The summed E-state index contributed by atoms with van der Waals surface area (Å²) in [5.41, 5.74) is 1.31. The molecule has 5 heteroatoms. The van der Waals surface area contributed by atoms with Crippen LogP contribution in [0, 0.1) is 0 Å². The molecule has 0 aliphatic carbocycles. The number of carbonyl (C=O) groups excluding carboxylic acids is 2. The van der Waals surface area contributed by atoms with Gasteiger partial charge in [-0.2, -0.15) is 0 Å². The number of aliphatic carboxylic acids is 1. The molecule has 0 spiro atoms. The quantitative estimate of drug-likeness (QED) is 0.763. The summed E-state index contributed by atoms with van der Waals surface area (Å²) in [4.78, 5) is 33.1. The zero-order valence-corrected chi connectivity index (χ0v) is 10.3. The minimum absolute atomic E-state index is 0.0366. The van der Waals surface area contributed by atoms with E-state index in [9.17, 15) is 14.4 Å². The van der Waals surface area contributed by atoms with Crippen LogP contribution >= 0.6 is 0 Å². The number of nitrogens with one attached hydrogen (secondary N) is 1. The molecule has 1 aromatic rings. The second-order valence-corrected chi connectivity index (χ2v) is 4.06. The molecular formula is C13H15NO4. The fourth-order valence-electron chi connectivity index (χ4n) is 1.40. The molecule has 0 bridgehead atoms. The number of carboxylic acid groups (broad SMARTS) is 1. The van der Waals surface area contributed by atoms with E-state index in [-0.39, 0.29) is 18.1 Å². The van der Waals surface area contributed by atoms with Gasteiger partial charge in [-0.15, -0.1) is 0 Å². The van der Waals surface area contributed by atoms with Gasteiger partial charge in [-0.1, -0.05) is 24.3 Å². The first-order chi connectivity index (χ1) is 8.40. The van der Waals surface area contributed by atoms with Crippen LogP contribution in [0.25, 0.3) is 0 Å². The minimum atomic E-state index is -1.07. The zero-order chi connectivity index (χ0) is 13.7. The van der Waals surface area contributed by atoms with Crippen molar-refractivity contribution in [2.45, 2.75) is 26.3 Å². The average molecular weight is 249 g/mol. The summed E-state index contributed by atoms with van der Waals surface area (Å²) >= 11 is 0. The van der Waals surface area contributed by atoms with E-state index in [1.54, 1.807) is 24.3 Å². The van der Waals surface area contributed by atoms with Crippen molar-refractivity contribution < 1.29 is 19.5 Å². The molecule has 0 unspecified atom stereocenters. The molecule has 0 radical (unpaired) electrons. The Labute approximate surface area is 105 Å². The molecule has 0 aliphatic heterocycles. The lowest BCUT2D eigenvalue weighted by atomic mass is 10.1. The number of amides is 1. The maximum absolute atomic E-state index is 11.5. The number of hydrogen-bond donors (Lipinski definition) is 2. The highest BCUT2D eigenvalue weighted by atomic mass is 16.4. The van der Waals surface area contributed by atoms with Crippen LogP contribution in [0.5, 0.6) is 0 Å². The van der Waals surface area contributed by atoms with E-state index in [0.717, 1.165) is 5.56 Å². The van der Waals surface area contributed by atoms with Crippen molar-refractivity contribution in [1.29, 1.82) is 0 Å². The van der Waals surface area contributed by atoms with Crippen molar-refractivity contribution in [3.8, 4) is 0 Å². The summed E-state index contributed by atoms with van der Waals surface area (Å²) < 4.78 is 0. The van der Waals surface area contributed by atoms with Crippen LogP contribution in [0.2, 0.25) is 0 Å². The normalized spacial score (nSPS) is 11.7. The number of hydrogen-bond acceptors (Lipinski definition) is 3. The first-order valence-corrected chi connectivity index (χ1v) is 5.52. The topological polar surface area (TPSA) is 83.5 Å². The molecular weight excluding hydrogens is 234 g/mol. The third-order valence-corrected chi connectivity index (χ3v) is 2.47. The fraction of sp³-hybridized carbons (Fsp3) is 0.308. The first kappa shape index (κ1) is 13.9. The van der Waals surface area contributed by atoms with E-state index in [1.807, 2.05) is 0 Å². The maximum atomic E-state index is 11.5. The van der Waals surface area contributed by atoms with Crippen molar-refractivity contribution in [2.24, 2.45) is 0 Å². The number of Topliss-reactive ketones (excluding diaryl/α,β-unsaturated/α-hetero) is 1. The monoisotopic (exact) mass is 249 g/mol. The predicted octanol–water partition coefficient (Wildman–Crippen LogP) is 1.02. The molecule has 5 nitrogen and oxygen atoms in total. The Morgan fingerprint density at radius 2 is 1.78 bits per heavy atom. The van der Waals surface area contributed by atoms with Gasteiger partial charge in [0.05, 0.1) is 6.42 Å². The van der Waals surface area contributed by atoms with Gasteiger partial charge in [0.25, 0.3) is 0 Å². The molecule has 1 aromatic carbocycles. The number of benzene rings is 1. The van der Waals surface area contributed by atoms with E-state index >= 15 is 0 Å². The summed E-state index contributed by atoms with van der Waals surface area (Å²) in [6.45, 7) is 2.87. The Morgan fingerprint density at radius 1 is 1.22 bits per heavy atom. The lowest BCUT2D eigenvalue weighted by Gasteiger charge is -2.09. The van der Waals surface area contributed by atoms with Crippen LogP contribution < -0.4 is 5.32 Å². The van der Waals surface area contributed by atoms with Gasteiger partial charge >= 0.3 is 5.97 Å². The summed E-state index contributed by atoms with van der Waals surface area (Å²) in [7, 11) is 0. The van der Waals surface area contributed by atoms with Gasteiger partial charge in [0.1, 0.15) is 6.04 Å². The van der Waals surface area contributed by atoms with E-state index in [0.29, 0.717) is 5.56 Å². The van der Waals surface area contributed by atoms with Crippen LogP contribution in [0.4, 0.5) is 0 Å². The highest BCUT2D eigenvalue weighted by Crippen LogP contribution is 2.06. The summed E-state index contributed by atoms with van der Waals surface area (Å²) in [5.74, 6) is -1.47. The van der Waals surface area contributed by atoms with Gasteiger partial charge in [-0.25, -0.2) is 0 Å². The van der Waals surface area contributed by atoms with Gasteiger partial charge in [0.2, 0.25) is 5.91 Å². The Morgan fingerprint density at radius 3 is 2.22 bits per heavy atom. The SMILES string of the molecule is CC(=O)c1ccc(CC(=O)N[C@@H](C)C(=O)O)cc1. The Hall–Kier alpha value is -2.17. The highest BCUT2D eigenvalue weighted by molar-refractivity contribution is 5.94. The summed E-state index contributed by atoms with van der Waals surface area (Å²) in [6.07, 6.45) is 0.0931. The molecule has 1 rings (SSSR count). The summed E-state index contributed by atoms with van der Waals surface area (Å²) in [5, 5.41) is 11.0. The molecule has 96 valence electrons. The van der Waals surface area contributed by atoms with Crippen LogP contribution in [0.1, 0.15) is 29.8 Å². The highest BCUT2D eigenvalue weighted by Gasteiger charge is 2.13. The van der Waals surface area contributed by atoms with Gasteiger partial charge in [0, 0.05) is 5.56 Å². The maximum Gasteiger partial charge on any atom is 0.325 e. The molecule has 2 N–H and O–H groups in total. The third-order valence-electron chi connectivity index (χ3n) is 2.47. The molecule has 0 aromatic heterocycles. The molecule has 0 aliphatic rings. The lowest BCUT2D eigenvalue weighted by molar-refractivity contribution is -0.141. The van der Waals surface area contributed by atoms with E-state index < -0.39 is 12.0 Å². The van der Waals surface area contributed by atoms with Crippen LogP contribution in [-0.4, -0.2) is 28.8 Å². The standard InChI is InChI=1S/C13H15NO4/c1-8(13(17)18)14-12(16)7-10-3-5-11(6-4-10)9(2)15/h3-6,8H,7H2,1-2H3,(H,14,16)(H,17,18)/t8-/m0/s1. The van der Waals surface area contributed by atoms with Crippen molar-refractivity contribution in [1.82, 2.24) is 5.32 Å². The van der Waals surface area contributed by atoms with Crippen LogP contribution in [0.3, 0.4) is 0 Å². The molecule has 1 amide bonds. The Bertz CT molecular complexity index is 464. The van der Waals surface area contributed by atoms with E-state index in [2.05, 4.69) is 5.32 Å². The Kier molecular flexibility index (Phi) is 4.59. The predicted molar refractivity (Wildman–Crippen MR) is 65.4 cm³/mol. The van der Waals surface area contributed by atoms with Gasteiger partial charge in [-0.05, 0) is 19.4 Å². The molecule has 0 fully saturated rings. The first-order valence-electron chi connectivity index (χ1n) is 5.52. The largest absolute Gasteiger partial charge is 0.480 e. The molecule has 0 saturated heterocycles. The van der Waals surface area contributed by atoms with Gasteiger partial charge in [0.15, 0.2) is 5.78 Å². The minimum Gasteiger partial charge on any atom is -0.480 e.